The minimum Gasteiger partial charge on any atom is -0.469 e. The first kappa shape index (κ1) is 20.1. The number of nitrogens with zero attached hydrogens (tertiary/aromatic N) is 2. The summed E-state index contributed by atoms with van der Waals surface area (Å²) in [6, 6.07) is 9.46. The lowest BCUT2D eigenvalue weighted by Gasteiger charge is -2.34. The number of rotatable bonds is 7. The summed E-state index contributed by atoms with van der Waals surface area (Å²) in [5, 5.41) is 5.40. The van der Waals surface area contributed by atoms with Gasteiger partial charge in [0.25, 0.3) is 5.91 Å². The molecule has 7 heteroatoms. The third-order valence-corrected chi connectivity index (χ3v) is 5.07. The normalized spacial score (nSPS) is 15.4. The lowest BCUT2D eigenvalue weighted by molar-refractivity contribution is -0.115. The minimum absolute atomic E-state index is 0.0904. The first-order valence-electron chi connectivity index (χ1n) is 9.71. The van der Waals surface area contributed by atoms with Gasteiger partial charge >= 0.3 is 0 Å². The van der Waals surface area contributed by atoms with E-state index in [9.17, 15) is 9.59 Å². The number of anilines is 1. The van der Waals surface area contributed by atoms with E-state index in [1.54, 1.807) is 13.0 Å². The number of hydrogen-bond acceptors (Lipinski definition) is 5. The zero-order valence-electron chi connectivity index (χ0n) is 16.5. The Labute approximate surface area is 165 Å². The van der Waals surface area contributed by atoms with Gasteiger partial charge in [0.05, 0.1) is 18.4 Å². The maximum atomic E-state index is 12.1. The van der Waals surface area contributed by atoms with Crippen molar-refractivity contribution in [3.05, 3.63) is 53.5 Å². The van der Waals surface area contributed by atoms with Crippen LogP contribution in [0.4, 0.5) is 5.69 Å². The van der Waals surface area contributed by atoms with Crippen LogP contribution in [0.1, 0.15) is 28.6 Å². The van der Waals surface area contributed by atoms with Crippen LogP contribution in [0.15, 0.2) is 41.0 Å². The first-order chi connectivity index (χ1) is 13.5. The van der Waals surface area contributed by atoms with Gasteiger partial charge in [-0.2, -0.15) is 0 Å². The van der Waals surface area contributed by atoms with E-state index in [4.69, 9.17) is 4.42 Å². The molecule has 0 aliphatic carbocycles. The van der Waals surface area contributed by atoms with Gasteiger partial charge in [-0.3, -0.25) is 14.5 Å². The van der Waals surface area contributed by atoms with Crippen molar-refractivity contribution in [3.8, 4) is 0 Å². The van der Waals surface area contributed by atoms with Crippen molar-refractivity contribution in [1.82, 2.24) is 15.1 Å². The van der Waals surface area contributed by atoms with E-state index in [0.717, 1.165) is 45.0 Å². The molecule has 1 aromatic heterocycles. The second-order valence-electron chi connectivity index (χ2n) is 7.03. The van der Waals surface area contributed by atoms with Gasteiger partial charge in [-0.15, -0.1) is 0 Å². The molecule has 150 valence electrons. The number of nitrogens with one attached hydrogen (secondary N) is 2. The Bertz CT molecular complexity index is 792. The highest BCUT2D eigenvalue weighted by molar-refractivity contribution is 5.99. The molecule has 2 heterocycles. The molecule has 28 heavy (non-hydrogen) atoms. The molecule has 0 atom stereocenters. The Balaban J connectivity index is 1.43. The summed E-state index contributed by atoms with van der Waals surface area (Å²) in [6.07, 6.45) is 1.45. The smallest absolute Gasteiger partial charge is 0.255 e. The van der Waals surface area contributed by atoms with Crippen molar-refractivity contribution in [2.75, 3.05) is 44.6 Å². The maximum Gasteiger partial charge on any atom is 0.255 e. The summed E-state index contributed by atoms with van der Waals surface area (Å²) in [6.45, 7) is 10.3. The molecule has 0 radical (unpaired) electrons. The zero-order chi connectivity index (χ0) is 19.9. The number of piperazine rings is 1. The molecule has 7 nitrogen and oxygen atoms in total. The lowest BCUT2D eigenvalue weighted by Crippen LogP contribution is -2.45. The highest BCUT2D eigenvalue weighted by Gasteiger charge is 2.16. The van der Waals surface area contributed by atoms with Gasteiger partial charge in [-0.1, -0.05) is 19.1 Å². The molecule has 1 aromatic carbocycles. The summed E-state index contributed by atoms with van der Waals surface area (Å²) in [5.74, 6) is -0.0533. The Morgan fingerprint density at radius 3 is 2.32 bits per heavy atom. The van der Waals surface area contributed by atoms with Crippen molar-refractivity contribution in [1.29, 1.82) is 0 Å². The largest absolute Gasteiger partial charge is 0.469 e. The lowest BCUT2D eigenvalue weighted by atomic mass is 10.1. The van der Waals surface area contributed by atoms with Crippen LogP contribution in [0.3, 0.4) is 0 Å². The summed E-state index contributed by atoms with van der Waals surface area (Å²) < 4.78 is 5.10. The van der Waals surface area contributed by atoms with Crippen molar-refractivity contribution in [2.45, 2.75) is 20.4 Å². The molecule has 0 spiro atoms. The van der Waals surface area contributed by atoms with E-state index >= 15 is 0 Å². The fraction of sp³-hybridized carbons (Fsp3) is 0.429. The second-order valence-corrected chi connectivity index (χ2v) is 7.03. The van der Waals surface area contributed by atoms with Crippen LogP contribution in [0.2, 0.25) is 0 Å². The fourth-order valence-corrected chi connectivity index (χ4v) is 3.30. The quantitative estimate of drug-likeness (QED) is 0.764. The summed E-state index contributed by atoms with van der Waals surface area (Å²) in [5.41, 5.74) is 2.39. The van der Waals surface area contributed by atoms with E-state index in [2.05, 4.69) is 27.4 Å². The average Bonchev–Trinajstić information content (AvgIpc) is 3.14. The standard InChI is InChI=1S/C21H28N4O3/c1-3-24-9-11-25(12-10-24)15-17-4-6-18(7-5-17)23-20(26)14-22-21(27)19-8-13-28-16(19)2/h4-8,13H,3,9-12,14-15H2,1-2H3,(H,22,27)(H,23,26). The van der Waals surface area contributed by atoms with E-state index < -0.39 is 0 Å². The molecule has 3 rings (SSSR count). The number of aryl methyl sites for hydroxylation is 1. The van der Waals surface area contributed by atoms with Crippen LogP contribution in [-0.2, 0) is 11.3 Å². The Hall–Kier alpha value is -2.64. The zero-order valence-corrected chi connectivity index (χ0v) is 16.5. The molecule has 0 bridgehead atoms. The van der Waals surface area contributed by atoms with Crippen LogP contribution < -0.4 is 10.6 Å². The number of hydrogen-bond donors (Lipinski definition) is 2. The van der Waals surface area contributed by atoms with Crippen molar-refractivity contribution < 1.29 is 14.0 Å². The molecular weight excluding hydrogens is 356 g/mol. The molecule has 0 unspecified atom stereocenters. The minimum atomic E-state index is -0.320. The average molecular weight is 384 g/mol. The van der Waals surface area contributed by atoms with Gasteiger partial charge < -0.3 is 20.0 Å². The number of benzene rings is 1. The molecule has 0 saturated carbocycles. The molecule has 2 amide bonds. The van der Waals surface area contributed by atoms with E-state index in [0.29, 0.717) is 11.3 Å². The van der Waals surface area contributed by atoms with Gasteiger partial charge in [-0.05, 0) is 37.2 Å². The van der Waals surface area contributed by atoms with Crippen molar-refractivity contribution >= 4 is 17.5 Å². The number of carbonyl (C=O) groups is 2. The monoisotopic (exact) mass is 384 g/mol. The van der Waals surface area contributed by atoms with E-state index in [-0.39, 0.29) is 18.4 Å². The van der Waals surface area contributed by atoms with Crippen molar-refractivity contribution in [2.24, 2.45) is 0 Å². The molecule has 1 aliphatic heterocycles. The SMILES string of the molecule is CCN1CCN(Cc2ccc(NC(=O)CNC(=O)c3ccoc3C)cc2)CC1. The summed E-state index contributed by atoms with van der Waals surface area (Å²) >= 11 is 0. The Kier molecular flexibility index (Phi) is 6.84. The van der Waals surface area contributed by atoms with E-state index in [1.807, 2.05) is 24.3 Å². The first-order valence-corrected chi connectivity index (χ1v) is 9.71. The molecular formula is C21H28N4O3. The number of carbonyl (C=O) groups excluding carboxylic acids is 2. The predicted octanol–water partition coefficient (Wildman–Crippen LogP) is 2.09. The molecule has 2 N–H and O–H groups in total. The van der Waals surface area contributed by atoms with Crippen molar-refractivity contribution in [3.63, 3.8) is 0 Å². The second kappa shape index (κ2) is 9.52. The third kappa shape index (κ3) is 5.43. The topological polar surface area (TPSA) is 77.8 Å². The van der Waals surface area contributed by atoms with Crippen LogP contribution >= 0.6 is 0 Å². The van der Waals surface area contributed by atoms with Gasteiger partial charge in [0.1, 0.15) is 5.76 Å². The van der Waals surface area contributed by atoms with Gasteiger partial charge in [0.2, 0.25) is 5.91 Å². The van der Waals surface area contributed by atoms with E-state index in [1.165, 1.54) is 11.8 Å². The van der Waals surface area contributed by atoms with Gasteiger partial charge in [0, 0.05) is 38.4 Å². The molecule has 1 fully saturated rings. The summed E-state index contributed by atoms with van der Waals surface area (Å²) in [4.78, 5) is 29.0. The van der Waals surface area contributed by atoms with Crippen LogP contribution in [0, 0.1) is 6.92 Å². The highest BCUT2D eigenvalue weighted by atomic mass is 16.3. The van der Waals surface area contributed by atoms with Crippen LogP contribution in [0.5, 0.6) is 0 Å². The predicted molar refractivity (Wildman–Crippen MR) is 108 cm³/mol. The van der Waals surface area contributed by atoms with Crippen LogP contribution in [-0.4, -0.2) is 60.9 Å². The Morgan fingerprint density at radius 1 is 1.04 bits per heavy atom. The fourth-order valence-electron chi connectivity index (χ4n) is 3.30. The van der Waals surface area contributed by atoms with Gasteiger partial charge in [-0.25, -0.2) is 0 Å². The molecule has 1 aliphatic rings. The highest BCUT2D eigenvalue weighted by Crippen LogP contribution is 2.13. The number of furan rings is 1. The maximum absolute atomic E-state index is 12.1. The Morgan fingerprint density at radius 2 is 1.71 bits per heavy atom. The third-order valence-electron chi connectivity index (χ3n) is 5.07. The number of likely N-dealkylation sites (N-methyl/N-ethyl adjacent to an activating group) is 1. The number of amides is 2. The molecule has 2 aromatic rings. The van der Waals surface area contributed by atoms with Gasteiger partial charge in [0.15, 0.2) is 0 Å². The van der Waals surface area contributed by atoms with Crippen LogP contribution in [0.25, 0.3) is 0 Å². The summed E-state index contributed by atoms with van der Waals surface area (Å²) in [7, 11) is 0. The molecule has 1 saturated heterocycles.